The van der Waals surface area contributed by atoms with Crippen molar-refractivity contribution in [1.82, 2.24) is 4.98 Å². The van der Waals surface area contributed by atoms with Crippen LogP contribution in [0.4, 0.5) is 22.0 Å². The minimum atomic E-state index is -4.97. The largest absolute Gasteiger partial charge is 0.573 e. The highest BCUT2D eigenvalue weighted by molar-refractivity contribution is 5.88. The summed E-state index contributed by atoms with van der Waals surface area (Å²) in [4.78, 5) is 4.55. The number of benzene rings is 3. The van der Waals surface area contributed by atoms with E-state index in [1.165, 1.54) is 6.07 Å². The zero-order valence-electron chi connectivity index (χ0n) is 19.6. The lowest BCUT2D eigenvalue weighted by molar-refractivity contribution is -0.275. The van der Waals surface area contributed by atoms with Crippen LogP contribution in [-0.2, 0) is 19.3 Å². The van der Waals surface area contributed by atoms with Gasteiger partial charge in [-0.15, -0.1) is 13.2 Å². The van der Waals surface area contributed by atoms with E-state index in [9.17, 15) is 17.6 Å². The Kier molecular flexibility index (Phi) is 7.67. The van der Waals surface area contributed by atoms with Crippen LogP contribution in [0.5, 0.6) is 5.75 Å². The maximum Gasteiger partial charge on any atom is 0.573 e. The summed E-state index contributed by atoms with van der Waals surface area (Å²) in [6.45, 7) is 1.99. The van der Waals surface area contributed by atoms with Crippen molar-refractivity contribution < 1.29 is 26.7 Å². The normalized spacial score (nSPS) is 11.9. The van der Waals surface area contributed by atoms with Gasteiger partial charge in [-0.3, -0.25) is 4.98 Å². The van der Waals surface area contributed by atoms with Gasteiger partial charge in [-0.05, 0) is 78.9 Å². The molecule has 0 saturated carbocycles. The average Bonchev–Trinajstić information content (AvgIpc) is 2.85. The first-order valence-corrected chi connectivity index (χ1v) is 11.6. The predicted molar refractivity (Wildman–Crippen MR) is 131 cm³/mol. The van der Waals surface area contributed by atoms with Gasteiger partial charge in [-0.1, -0.05) is 48.6 Å². The fourth-order valence-electron chi connectivity index (χ4n) is 4.04. The maximum absolute atomic E-state index is 15.2. The highest BCUT2D eigenvalue weighted by Crippen LogP contribution is 2.29. The van der Waals surface area contributed by atoms with E-state index in [1.807, 2.05) is 49.5 Å². The summed E-state index contributed by atoms with van der Waals surface area (Å²) >= 11 is 0. The van der Waals surface area contributed by atoms with E-state index in [2.05, 4.69) is 15.8 Å². The zero-order chi connectivity index (χ0) is 25.7. The summed E-state index contributed by atoms with van der Waals surface area (Å²) in [5.41, 5.74) is 3.71. The molecular weight excluding hydrogens is 473 g/mol. The third-order valence-electron chi connectivity index (χ3n) is 5.89. The van der Waals surface area contributed by atoms with E-state index in [-0.39, 0.29) is 18.7 Å². The number of aryl methyl sites for hydroxylation is 3. The number of fused-ring (bicyclic) bond motifs is 1. The Morgan fingerprint density at radius 2 is 1.67 bits per heavy atom. The predicted octanol–water partition coefficient (Wildman–Crippen LogP) is 8.37. The van der Waals surface area contributed by atoms with Gasteiger partial charge in [0, 0.05) is 17.1 Å². The number of alkyl halides is 3. The topological polar surface area (TPSA) is 22.1 Å². The van der Waals surface area contributed by atoms with Gasteiger partial charge in [0.25, 0.3) is 0 Å². The van der Waals surface area contributed by atoms with Crippen molar-refractivity contribution >= 4 is 10.8 Å². The monoisotopic (exact) mass is 497 g/mol. The molecule has 3 aromatic carbocycles. The Morgan fingerprint density at radius 3 is 2.36 bits per heavy atom. The van der Waals surface area contributed by atoms with Crippen molar-refractivity contribution in [2.24, 2.45) is 0 Å². The molecule has 0 atom stereocenters. The van der Waals surface area contributed by atoms with Crippen LogP contribution in [0.15, 0.2) is 79.0 Å². The summed E-state index contributed by atoms with van der Waals surface area (Å²) in [7, 11) is 0. The van der Waals surface area contributed by atoms with E-state index in [0.29, 0.717) is 16.5 Å². The van der Waals surface area contributed by atoms with Gasteiger partial charge in [0.2, 0.25) is 0 Å². The van der Waals surface area contributed by atoms with Crippen LogP contribution in [0.1, 0.15) is 30.0 Å². The lowest BCUT2D eigenvalue weighted by Gasteiger charge is -2.11. The van der Waals surface area contributed by atoms with Crippen molar-refractivity contribution in [2.75, 3.05) is 0 Å². The molecule has 7 heteroatoms. The van der Waals surface area contributed by atoms with Gasteiger partial charge < -0.3 is 4.74 Å². The summed E-state index contributed by atoms with van der Waals surface area (Å²) < 4.78 is 69.7. The molecule has 2 nitrogen and oxygen atoms in total. The molecule has 0 aliphatic carbocycles. The van der Waals surface area contributed by atoms with Crippen LogP contribution < -0.4 is 4.74 Å². The number of allylic oxidation sites excluding steroid dienone is 2. The fourth-order valence-corrected chi connectivity index (χ4v) is 4.04. The fraction of sp³-hybridized carbons (Fsp3) is 0.207. The van der Waals surface area contributed by atoms with Gasteiger partial charge in [-0.25, -0.2) is 8.78 Å². The van der Waals surface area contributed by atoms with E-state index >= 15 is 4.39 Å². The quantitative estimate of drug-likeness (QED) is 0.180. The number of halogens is 5. The van der Waals surface area contributed by atoms with Gasteiger partial charge in [0.15, 0.2) is 11.6 Å². The molecule has 4 rings (SSSR count). The smallest absolute Gasteiger partial charge is 0.403 e. The first kappa shape index (κ1) is 25.4. The summed E-state index contributed by atoms with van der Waals surface area (Å²) in [5.74, 6) is -2.38. The van der Waals surface area contributed by atoms with Crippen LogP contribution in [0.3, 0.4) is 0 Å². The second-order valence-electron chi connectivity index (χ2n) is 8.45. The molecule has 0 saturated heterocycles. The molecule has 0 radical (unpaired) electrons. The van der Waals surface area contributed by atoms with E-state index in [4.69, 9.17) is 0 Å². The number of pyridine rings is 1. The van der Waals surface area contributed by atoms with Gasteiger partial charge in [0.1, 0.15) is 5.82 Å². The number of rotatable bonds is 8. The summed E-state index contributed by atoms with van der Waals surface area (Å²) in [6, 6.07) is 16.2. The Bertz CT molecular complexity index is 1380. The zero-order valence-corrected chi connectivity index (χ0v) is 19.6. The first-order chi connectivity index (χ1) is 17.2. The lowest BCUT2D eigenvalue weighted by atomic mass is 9.98. The molecule has 0 amide bonds. The molecule has 4 aromatic rings. The molecule has 0 N–H and O–H groups in total. The molecule has 1 heterocycles. The van der Waals surface area contributed by atoms with Crippen LogP contribution in [-0.4, -0.2) is 11.3 Å². The molecule has 0 unspecified atom stereocenters. The molecule has 186 valence electrons. The lowest BCUT2D eigenvalue weighted by Crippen LogP contribution is -2.18. The minimum absolute atomic E-state index is 0.258. The molecule has 0 fully saturated rings. The van der Waals surface area contributed by atoms with Crippen molar-refractivity contribution in [2.45, 2.75) is 39.0 Å². The van der Waals surface area contributed by atoms with Crippen LogP contribution in [0, 0.1) is 11.6 Å². The molecule has 36 heavy (non-hydrogen) atoms. The molecule has 0 spiro atoms. The van der Waals surface area contributed by atoms with Gasteiger partial charge in [0.05, 0.1) is 5.69 Å². The Hall–Kier alpha value is -3.74. The highest BCUT2D eigenvalue weighted by Gasteiger charge is 2.32. The average molecular weight is 498 g/mol. The number of aromatic nitrogens is 1. The highest BCUT2D eigenvalue weighted by atomic mass is 19.4. The van der Waals surface area contributed by atoms with Crippen molar-refractivity contribution in [1.29, 1.82) is 0 Å². The maximum atomic E-state index is 15.2. The van der Waals surface area contributed by atoms with E-state index in [1.54, 1.807) is 12.1 Å². The Labute approximate surface area is 206 Å². The minimum Gasteiger partial charge on any atom is -0.403 e. The van der Waals surface area contributed by atoms with E-state index in [0.717, 1.165) is 47.2 Å². The second kappa shape index (κ2) is 10.9. The van der Waals surface area contributed by atoms with Gasteiger partial charge in [-0.2, -0.15) is 0 Å². The standard InChI is InChI=1S/C29H24F5NO/c1-2-3-4-5-20-7-14-26(35-18-20)23-12-13-24-22(17-23)11-10-21(28(24)31)9-6-19-8-15-27(25(30)16-19)36-29(32,33)34/h2-3,7-8,10-18H,4-6,9H2,1H3/b3-2+. The second-order valence-corrected chi connectivity index (χ2v) is 8.45. The molecule has 0 aliphatic rings. The number of ether oxygens (including phenoxy) is 1. The first-order valence-electron chi connectivity index (χ1n) is 11.6. The third-order valence-corrected chi connectivity index (χ3v) is 5.89. The number of hydrogen-bond acceptors (Lipinski definition) is 2. The van der Waals surface area contributed by atoms with Crippen LogP contribution in [0.2, 0.25) is 0 Å². The van der Waals surface area contributed by atoms with Crippen molar-refractivity contribution in [3.05, 3.63) is 107 Å². The third kappa shape index (κ3) is 6.27. The summed E-state index contributed by atoms with van der Waals surface area (Å²) in [5, 5.41) is 1.19. The number of hydrogen-bond donors (Lipinski definition) is 0. The molecular formula is C29H24F5NO. The Morgan fingerprint density at radius 1 is 0.861 bits per heavy atom. The summed E-state index contributed by atoms with van der Waals surface area (Å²) in [6.07, 6.45) is 3.42. The molecule has 0 aliphatic heterocycles. The van der Waals surface area contributed by atoms with Crippen molar-refractivity contribution in [3.8, 4) is 17.0 Å². The number of nitrogens with zero attached hydrogens (tertiary/aromatic N) is 1. The SMILES string of the molecule is C/C=C/CCc1ccc(-c2ccc3c(F)c(CCc4ccc(OC(F)(F)F)c(F)c4)ccc3c2)nc1. The van der Waals surface area contributed by atoms with Crippen LogP contribution in [0.25, 0.3) is 22.0 Å². The van der Waals surface area contributed by atoms with E-state index < -0.39 is 17.9 Å². The molecule has 0 bridgehead atoms. The van der Waals surface area contributed by atoms with Crippen molar-refractivity contribution in [3.63, 3.8) is 0 Å². The molecule has 1 aromatic heterocycles. The van der Waals surface area contributed by atoms with Gasteiger partial charge >= 0.3 is 6.36 Å². The van der Waals surface area contributed by atoms with Crippen LogP contribution >= 0.6 is 0 Å². The Balaban J connectivity index is 1.47.